The molecule has 0 spiro atoms. The van der Waals surface area contributed by atoms with E-state index in [1.165, 1.54) is 24.5 Å². The van der Waals surface area contributed by atoms with Crippen LogP contribution in [0.15, 0.2) is 53.9 Å². The fourth-order valence-electron chi connectivity index (χ4n) is 2.55. The fourth-order valence-corrected chi connectivity index (χ4v) is 3.41. The molecule has 1 heterocycles. The van der Waals surface area contributed by atoms with Gasteiger partial charge < -0.3 is 14.2 Å². The molecule has 0 aliphatic carbocycles. The van der Waals surface area contributed by atoms with Gasteiger partial charge in [0.1, 0.15) is 0 Å². The Morgan fingerprint density at radius 3 is 2.55 bits per heavy atom. The van der Waals surface area contributed by atoms with Crippen LogP contribution < -0.4 is 14.8 Å². The number of methoxy groups -OCH3 is 2. The van der Waals surface area contributed by atoms with Gasteiger partial charge in [-0.1, -0.05) is 29.8 Å². The van der Waals surface area contributed by atoms with E-state index in [0.717, 1.165) is 11.1 Å². The topological polar surface area (TPSA) is 86.8 Å². The lowest BCUT2D eigenvalue weighted by Gasteiger charge is -2.07. The number of nitrogens with one attached hydrogen (secondary N) is 1. The number of esters is 1. The first kappa shape index (κ1) is 22.3. The summed E-state index contributed by atoms with van der Waals surface area (Å²) in [7, 11) is 3.07. The van der Waals surface area contributed by atoms with Gasteiger partial charge in [-0.2, -0.15) is 0 Å². The monoisotopic (exact) mass is 458 g/mol. The molecule has 0 radical (unpaired) electrons. The molecule has 7 nitrogen and oxygen atoms in total. The van der Waals surface area contributed by atoms with E-state index in [2.05, 4.69) is 10.3 Å². The van der Waals surface area contributed by atoms with E-state index in [-0.39, 0.29) is 0 Å². The van der Waals surface area contributed by atoms with Crippen LogP contribution in [0.1, 0.15) is 5.56 Å². The zero-order chi connectivity index (χ0) is 22.2. The standard InChI is InChI=1S/C22H19ClN2O5S/c1-28-18-9-3-14(11-19(18)29-2)4-10-21(27)30-12-20(26)25-22-24-17(13-31-22)15-5-7-16(23)8-6-15/h3-11,13H,12H2,1-2H3,(H,24,25,26)/b10-4+. The smallest absolute Gasteiger partial charge is 0.331 e. The zero-order valence-corrected chi connectivity index (χ0v) is 18.3. The number of amides is 1. The summed E-state index contributed by atoms with van der Waals surface area (Å²) < 4.78 is 15.4. The summed E-state index contributed by atoms with van der Waals surface area (Å²) in [5.41, 5.74) is 2.32. The van der Waals surface area contributed by atoms with Gasteiger partial charge in [-0.15, -0.1) is 11.3 Å². The highest BCUT2D eigenvalue weighted by Gasteiger charge is 2.10. The average molecular weight is 459 g/mol. The second-order valence-corrected chi connectivity index (χ2v) is 7.44. The van der Waals surface area contributed by atoms with E-state index in [9.17, 15) is 9.59 Å². The van der Waals surface area contributed by atoms with Gasteiger partial charge >= 0.3 is 5.97 Å². The van der Waals surface area contributed by atoms with Crippen molar-refractivity contribution in [1.82, 2.24) is 4.98 Å². The first-order chi connectivity index (χ1) is 15.0. The van der Waals surface area contributed by atoms with Gasteiger partial charge in [0.25, 0.3) is 5.91 Å². The summed E-state index contributed by atoms with van der Waals surface area (Å²) in [6.45, 7) is -0.426. The summed E-state index contributed by atoms with van der Waals surface area (Å²) in [6.07, 6.45) is 2.79. The molecule has 3 rings (SSSR count). The third-order valence-corrected chi connectivity index (χ3v) is 5.07. The van der Waals surface area contributed by atoms with Gasteiger partial charge in [-0.25, -0.2) is 9.78 Å². The zero-order valence-electron chi connectivity index (χ0n) is 16.8. The predicted octanol–water partition coefficient (Wildman–Crippen LogP) is 4.68. The third kappa shape index (κ3) is 6.31. The highest BCUT2D eigenvalue weighted by atomic mass is 35.5. The Hall–Kier alpha value is -3.36. The largest absolute Gasteiger partial charge is 0.493 e. The van der Waals surface area contributed by atoms with Gasteiger partial charge in [0.05, 0.1) is 19.9 Å². The summed E-state index contributed by atoms with van der Waals surface area (Å²) in [6, 6.07) is 12.4. The lowest BCUT2D eigenvalue weighted by molar-refractivity contribution is -0.142. The van der Waals surface area contributed by atoms with Crippen molar-refractivity contribution in [2.75, 3.05) is 26.1 Å². The number of benzene rings is 2. The number of thiazole rings is 1. The molecule has 31 heavy (non-hydrogen) atoms. The summed E-state index contributed by atoms with van der Waals surface area (Å²) >= 11 is 7.16. The van der Waals surface area contributed by atoms with Crippen LogP contribution in [-0.2, 0) is 14.3 Å². The average Bonchev–Trinajstić information content (AvgIpc) is 3.24. The molecule has 0 bridgehead atoms. The summed E-state index contributed by atoms with van der Waals surface area (Å²) in [5.74, 6) is -0.00471. The van der Waals surface area contributed by atoms with Crippen LogP contribution in [-0.4, -0.2) is 37.7 Å². The van der Waals surface area contributed by atoms with Crippen molar-refractivity contribution in [3.8, 4) is 22.8 Å². The number of ether oxygens (including phenoxy) is 3. The van der Waals surface area contributed by atoms with Crippen LogP contribution in [0.2, 0.25) is 5.02 Å². The van der Waals surface area contributed by atoms with E-state index in [0.29, 0.717) is 27.3 Å². The highest BCUT2D eigenvalue weighted by molar-refractivity contribution is 7.14. The maximum absolute atomic E-state index is 12.0. The molecule has 0 unspecified atom stereocenters. The van der Waals surface area contributed by atoms with Crippen LogP contribution in [0, 0.1) is 0 Å². The second kappa shape index (κ2) is 10.6. The lowest BCUT2D eigenvalue weighted by atomic mass is 10.2. The van der Waals surface area contributed by atoms with Crippen molar-refractivity contribution < 1.29 is 23.8 Å². The van der Waals surface area contributed by atoms with E-state index in [1.807, 2.05) is 17.5 Å². The van der Waals surface area contributed by atoms with Crippen molar-refractivity contribution in [3.63, 3.8) is 0 Å². The summed E-state index contributed by atoms with van der Waals surface area (Å²) in [4.78, 5) is 28.3. The number of hydrogen-bond acceptors (Lipinski definition) is 7. The molecule has 1 N–H and O–H groups in total. The Bertz CT molecular complexity index is 1100. The number of halogens is 1. The molecule has 0 atom stereocenters. The van der Waals surface area contributed by atoms with E-state index in [1.54, 1.807) is 43.5 Å². The third-order valence-electron chi connectivity index (χ3n) is 4.06. The molecule has 0 fully saturated rings. The van der Waals surface area contributed by atoms with Crippen LogP contribution in [0.5, 0.6) is 11.5 Å². The maximum Gasteiger partial charge on any atom is 0.331 e. The number of aromatic nitrogens is 1. The minimum atomic E-state index is -0.647. The molecular formula is C22H19ClN2O5S. The second-order valence-electron chi connectivity index (χ2n) is 6.15. The minimum absolute atomic E-state index is 0.409. The Balaban J connectivity index is 1.50. The molecule has 160 valence electrons. The van der Waals surface area contributed by atoms with E-state index < -0.39 is 18.5 Å². The molecule has 0 aliphatic heterocycles. The first-order valence-electron chi connectivity index (χ1n) is 9.06. The summed E-state index contributed by atoms with van der Waals surface area (Å²) in [5, 5.41) is 5.47. The molecular weight excluding hydrogens is 440 g/mol. The predicted molar refractivity (Wildman–Crippen MR) is 121 cm³/mol. The van der Waals surface area contributed by atoms with Gasteiger partial charge in [0, 0.05) is 22.0 Å². The molecule has 0 aliphatic rings. The number of rotatable bonds is 8. The van der Waals surface area contributed by atoms with Gasteiger partial charge in [0.15, 0.2) is 23.2 Å². The maximum atomic E-state index is 12.0. The Morgan fingerprint density at radius 2 is 1.84 bits per heavy atom. The fraction of sp³-hybridized carbons (Fsp3) is 0.136. The normalized spacial score (nSPS) is 10.7. The van der Waals surface area contributed by atoms with E-state index in [4.69, 9.17) is 25.8 Å². The molecule has 0 saturated carbocycles. The number of nitrogens with zero attached hydrogens (tertiary/aromatic N) is 1. The molecule has 3 aromatic rings. The van der Waals surface area contributed by atoms with Crippen molar-refractivity contribution in [2.24, 2.45) is 0 Å². The molecule has 2 aromatic carbocycles. The van der Waals surface area contributed by atoms with Gasteiger partial charge in [0.2, 0.25) is 0 Å². The van der Waals surface area contributed by atoms with Crippen LogP contribution >= 0.6 is 22.9 Å². The Morgan fingerprint density at radius 1 is 1.10 bits per heavy atom. The number of anilines is 1. The van der Waals surface area contributed by atoms with E-state index >= 15 is 0 Å². The highest BCUT2D eigenvalue weighted by Crippen LogP contribution is 2.28. The molecule has 1 aromatic heterocycles. The quantitative estimate of drug-likeness (QED) is 0.389. The Kier molecular flexibility index (Phi) is 7.64. The van der Waals surface area contributed by atoms with Gasteiger partial charge in [-0.05, 0) is 35.9 Å². The number of carbonyl (C=O) groups excluding carboxylic acids is 2. The molecule has 0 saturated heterocycles. The van der Waals surface area contributed by atoms with Crippen molar-refractivity contribution in [3.05, 3.63) is 64.5 Å². The SMILES string of the molecule is COc1ccc(/C=C/C(=O)OCC(=O)Nc2nc(-c3ccc(Cl)cc3)cs2)cc1OC. The van der Waals surface area contributed by atoms with Gasteiger partial charge in [-0.3, -0.25) is 10.1 Å². The molecule has 9 heteroatoms. The van der Waals surface area contributed by atoms with Crippen LogP contribution in [0.4, 0.5) is 5.13 Å². The Labute approximate surface area is 188 Å². The molecule has 1 amide bonds. The van der Waals surface area contributed by atoms with Crippen molar-refractivity contribution >= 4 is 46.0 Å². The first-order valence-corrected chi connectivity index (χ1v) is 10.3. The van der Waals surface area contributed by atoms with Crippen LogP contribution in [0.25, 0.3) is 17.3 Å². The lowest BCUT2D eigenvalue weighted by Crippen LogP contribution is -2.20. The minimum Gasteiger partial charge on any atom is -0.493 e. The van der Waals surface area contributed by atoms with Crippen LogP contribution in [0.3, 0.4) is 0 Å². The van der Waals surface area contributed by atoms with Crippen molar-refractivity contribution in [2.45, 2.75) is 0 Å². The number of hydrogen-bond donors (Lipinski definition) is 1. The van der Waals surface area contributed by atoms with Crippen molar-refractivity contribution in [1.29, 1.82) is 0 Å². The number of carbonyl (C=O) groups is 2.